The number of ether oxygens (including phenoxy) is 3. The number of rotatable bonds is 6. The smallest absolute Gasteiger partial charge is 0.203 e. The monoisotopic (exact) mass is 340 g/mol. The van der Waals surface area contributed by atoms with Crippen molar-refractivity contribution in [1.29, 1.82) is 0 Å². The molecule has 2 rings (SSSR count). The van der Waals surface area contributed by atoms with Gasteiger partial charge in [-0.05, 0) is 24.3 Å². The third kappa shape index (κ3) is 3.84. The van der Waals surface area contributed by atoms with Crippen molar-refractivity contribution in [2.45, 2.75) is 0 Å². The van der Waals surface area contributed by atoms with Crippen LogP contribution >= 0.6 is 23.2 Å². The Bertz CT molecular complexity index is 686. The second-order valence-corrected chi connectivity index (χ2v) is 5.20. The van der Waals surface area contributed by atoms with Crippen LogP contribution in [0.2, 0.25) is 10.0 Å². The Morgan fingerprint density at radius 1 is 1.00 bits per heavy atom. The lowest BCUT2D eigenvalue weighted by Gasteiger charge is -2.11. The molecular formula is C16H14Cl2O4. The highest BCUT2D eigenvalue weighted by Crippen LogP contribution is 2.29. The molecule has 0 atom stereocenters. The summed E-state index contributed by atoms with van der Waals surface area (Å²) in [4.78, 5) is 12.3. The first-order valence-electron chi connectivity index (χ1n) is 6.38. The third-order valence-electron chi connectivity index (χ3n) is 2.96. The lowest BCUT2D eigenvalue weighted by Crippen LogP contribution is -2.13. The molecule has 0 aliphatic rings. The van der Waals surface area contributed by atoms with E-state index >= 15 is 0 Å². The SMILES string of the molecule is COc1ccc(C(=O)COc2cc(Cl)ccc2Cl)c(OC)c1. The molecule has 0 aliphatic carbocycles. The molecule has 2 aromatic rings. The number of benzene rings is 2. The molecule has 4 nitrogen and oxygen atoms in total. The number of hydrogen-bond acceptors (Lipinski definition) is 4. The van der Waals surface area contributed by atoms with Crippen LogP contribution in [-0.4, -0.2) is 26.6 Å². The van der Waals surface area contributed by atoms with Gasteiger partial charge < -0.3 is 14.2 Å². The Morgan fingerprint density at radius 3 is 2.45 bits per heavy atom. The summed E-state index contributed by atoms with van der Waals surface area (Å²) in [6, 6.07) is 9.76. The van der Waals surface area contributed by atoms with Crippen LogP contribution in [0.3, 0.4) is 0 Å². The van der Waals surface area contributed by atoms with Crippen molar-refractivity contribution in [2.75, 3.05) is 20.8 Å². The zero-order chi connectivity index (χ0) is 16.1. The Morgan fingerprint density at radius 2 is 1.77 bits per heavy atom. The van der Waals surface area contributed by atoms with Crippen LogP contribution in [0, 0.1) is 0 Å². The quantitative estimate of drug-likeness (QED) is 0.736. The predicted octanol–water partition coefficient (Wildman–Crippen LogP) is 4.27. The van der Waals surface area contributed by atoms with E-state index in [0.717, 1.165) is 0 Å². The van der Waals surface area contributed by atoms with Crippen LogP contribution in [0.1, 0.15) is 10.4 Å². The van der Waals surface area contributed by atoms with Gasteiger partial charge in [0.15, 0.2) is 6.61 Å². The first-order valence-corrected chi connectivity index (χ1v) is 7.14. The van der Waals surface area contributed by atoms with Gasteiger partial charge in [0.05, 0.1) is 24.8 Å². The molecule has 0 aromatic heterocycles. The minimum absolute atomic E-state index is 0.178. The number of carbonyl (C=O) groups excluding carboxylic acids is 1. The molecular weight excluding hydrogens is 327 g/mol. The van der Waals surface area contributed by atoms with E-state index in [-0.39, 0.29) is 12.4 Å². The van der Waals surface area contributed by atoms with Crippen LogP contribution in [0.5, 0.6) is 17.2 Å². The van der Waals surface area contributed by atoms with E-state index in [4.69, 9.17) is 37.4 Å². The topological polar surface area (TPSA) is 44.8 Å². The molecule has 0 unspecified atom stereocenters. The maximum Gasteiger partial charge on any atom is 0.203 e. The Balaban J connectivity index is 2.14. The summed E-state index contributed by atoms with van der Waals surface area (Å²) in [5, 5.41) is 0.868. The van der Waals surface area contributed by atoms with E-state index in [0.29, 0.717) is 32.9 Å². The van der Waals surface area contributed by atoms with E-state index in [9.17, 15) is 4.79 Å². The number of methoxy groups -OCH3 is 2. The molecule has 0 heterocycles. The number of halogens is 2. The van der Waals surface area contributed by atoms with E-state index < -0.39 is 0 Å². The summed E-state index contributed by atoms with van der Waals surface area (Å²) in [7, 11) is 3.03. The highest BCUT2D eigenvalue weighted by atomic mass is 35.5. The van der Waals surface area contributed by atoms with Crippen LogP contribution in [-0.2, 0) is 0 Å². The normalized spacial score (nSPS) is 10.2. The van der Waals surface area contributed by atoms with E-state index in [1.165, 1.54) is 7.11 Å². The first kappa shape index (κ1) is 16.5. The molecule has 2 aromatic carbocycles. The van der Waals surface area contributed by atoms with Crippen molar-refractivity contribution in [2.24, 2.45) is 0 Å². The van der Waals surface area contributed by atoms with Crippen LogP contribution in [0.15, 0.2) is 36.4 Å². The standard InChI is InChI=1S/C16H14Cl2O4/c1-20-11-4-5-12(15(8-11)21-2)14(19)9-22-16-7-10(17)3-6-13(16)18/h3-8H,9H2,1-2H3. The predicted molar refractivity (Wildman–Crippen MR) is 85.8 cm³/mol. The zero-order valence-electron chi connectivity index (χ0n) is 12.1. The van der Waals surface area contributed by atoms with Crippen molar-refractivity contribution in [3.8, 4) is 17.2 Å². The van der Waals surface area contributed by atoms with Gasteiger partial charge in [-0.25, -0.2) is 0 Å². The fourth-order valence-electron chi connectivity index (χ4n) is 1.84. The molecule has 0 saturated carbocycles. The molecule has 6 heteroatoms. The molecule has 0 saturated heterocycles. The van der Waals surface area contributed by atoms with E-state index in [1.807, 2.05) is 0 Å². The van der Waals surface area contributed by atoms with Gasteiger partial charge in [0.25, 0.3) is 0 Å². The van der Waals surface area contributed by atoms with Gasteiger partial charge in [0, 0.05) is 17.2 Å². The molecule has 116 valence electrons. The van der Waals surface area contributed by atoms with Crippen molar-refractivity contribution in [3.05, 3.63) is 52.0 Å². The van der Waals surface area contributed by atoms with Gasteiger partial charge in [0.1, 0.15) is 17.2 Å². The van der Waals surface area contributed by atoms with Gasteiger partial charge in [-0.1, -0.05) is 23.2 Å². The molecule has 0 amide bonds. The van der Waals surface area contributed by atoms with Crippen molar-refractivity contribution >= 4 is 29.0 Å². The molecule has 0 aliphatic heterocycles. The molecule has 0 bridgehead atoms. The van der Waals surface area contributed by atoms with Crippen molar-refractivity contribution in [3.63, 3.8) is 0 Å². The molecule has 0 radical (unpaired) electrons. The summed E-state index contributed by atoms with van der Waals surface area (Å²) in [5.74, 6) is 1.14. The van der Waals surface area contributed by atoms with E-state index in [1.54, 1.807) is 43.5 Å². The van der Waals surface area contributed by atoms with Gasteiger partial charge >= 0.3 is 0 Å². The summed E-state index contributed by atoms with van der Waals surface area (Å²) < 4.78 is 15.7. The van der Waals surface area contributed by atoms with Gasteiger partial charge in [-0.3, -0.25) is 4.79 Å². The number of hydrogen-bond donors (Lipinski definition) is 0. The van der Waals surface area contributed by atoms with Gasteiger partial charge in [-0.2, -0.15) is 0 Å². The van der Waals surface area contributed by atoms with Crippen LogP contribution < -0.4 is 14.2 Å². The Kier molecular flexibility index (Phi) is 5.52. The average molecular weight is 341 g/mol. The fourth-order valence-corrected chi connectivity index (χ4v) is 2.17. The minimum Gasteiger partial charge on any atom is -0.497 e. The molecule has 0 spiro atoms. The average Bonchev–Trinajstić information content (AvgIpc) is 2.54. The summed E-state index contributed by atoms with van der Waals surface area (Å²) in [6.45, 7) is -0.178. The van der Waals surface area contributed by atoms with Gasteiger partial charge in [0.2, 0.25) is 5.78 Å². The molecule has 0 N–H and O–H groups in total. The van der Waals surface area contributed by atoms with Crippen molar-refractivity contribution in [1.82, 2.24) is 0 Å². The largest absolute Gasteiger partial charge is 0.497 e. The lowest BCUT2D eigenvalue weighted by molar-refractivity contribution is 0.0918. The maximum absolute atomic E-state index is 12.3. The Labute approximate surface area is 138 Å². The summed E-state index contributed by atoms with van der Waals surface area (Å²) >= 11 is 11.9. The number of ketones is 1. The third-order valence-corrected chi connectivity index (χ3v) is 3.51. The minimum atomic E-state index is -0.240. The van der Waals surface area contributed by atoms with Crippen LogP contribution in [0.25, 0.3) is 0 Å². The van der Waals surface area contributed by atoms with Crippen LogP contribution in [0.4, 0.5) is 0 Å². The highest BCUT2D eigenvalue weighted by molar-refractivity contribution is 6.34. The molecule has 22 heavy (non-hydrogen) atoms. The van der Waals surface area contributed by atoms with Crippen molar-refractivity contribution < 1.29 is 19.0 Å². The summed E-state index contributed by atoms with van der Waals surface area (Å²) in [5.41, 5.74) is 0.404. The number of Topliss-reactive ketones (excluding diaryl/α,β-unsaturated/α-hetero) is 1. The fraction of sp³-hybridized carbons (Fsp3) is 0.188. The molecule has 0 fully saturated rings. The second kappa shape index (κ2) is 7.38. The Hall–Kier alpha value is -1.91. The first-order chi connectivity index (χ1) is 10.5. The van der Waals surface area contributed by atoms with E-state index in [2.05, 4.69) is 0 Å². The lowest BCUT2D eigenvalue weighted by atomic mass is 10.1. The maximum atomic E-state index is 12.3. The van der Waals surface area contributed by atoms with Gasteiger partial charge in [-0.15, -0.1) is 0 Å². The zero-order valence-corrected chi connectivity index (χ0v) is 13.6. The second-order valence-electron chi connectivity index (χ2n) is 4.35. The number of carbonyl (C=O) groups is 1. The highest BCUT2D eigenvalue weighted by Gasteiger charge is 2.15. The summed E-state index contributed by atoms with van der Waals surface area (Å²) in [6.07, 6.45) is 0.